The molecular formula is C14H15N3O6. The molecule has 0 aromatic heterocycles. The fourth-order valence-corrected chi connectivity index (χ4v) is 2.26. The number of benzene rings is 1. The summed E-state index contributed by atoms with van der Waals surface area (Å²) in [7, 11) is 1.23. The normalized spacial score (nSPS) is 20.7. The lowest BCUT2D eigenvalue weighted by Gasteiger charge is -2.43. The van der Waals surface area contributed by atoms with Gasteiger partial charge in [-0.15, -0.1) is 0 Å². The van der Waals surface area contributed by atoms with Gasteiger partial charge in [-0.2, -0.15) is 0 Å². The number of β-lactam (4-membered cyclic amide) rings is 1. The molecule has 1 aliphatic rings. The van der Waals surface area contributed by atoms with E-state index < -0.39 is 28.9 Å². The highest BCUT2D eigenvalue weighted by atomic mass is 16.6. The van der Waals surface area contributed by atoms with Gasteiger partial charge in [0.1, 0.15) is 12.1 Å². The van der Waals surface area contributed by atoms with Crippen molar-refractivity contribution in [3.8, 4) is 0 Å². The molecule has 0 radical (unpaired) electrons. The van der Waals surface area contributed by atoms with Gasteiger partial charge in [0.2, 0.25) is 0 Å². The fourth-order valence-electron chi connectivity index (χ4n) is 2.26. The highest BCUT2D eigenvalue weighted by Crippen LogP contribution is 2.34. The van der Waals surface area contributed by atoms with Crippen LogP contribution in [0.4, 0.5) is 5.69 Å². The van der Waals surface area contributed by atoms with Crippen molar-refractivity contribution in [2.24, 2.45) is 0 Å². The molecule has 0 bridgehead atoms. The molecule has 9 nitrogen and oxygen atoms in total. The number of hydrogen-bond donors (Lipinski definition) is 2. The Morgan fingerprint density at radius 1 is 1.43 bits per heavy atom. The minimum atomic E-state index is -0.776. The van der Waals surface area contributed by atoms with Gasteiger partial charge in [0.25, 0.3) is 11.6 Å². The number of nitro groups is 1. The summed E-state index contributed by atoms with van der Waals surface area (Å²) in [6, 6.07) is 4.03. The molecule has 2 rings (SSSR count). The number of nitrogens with zero attached hydrogens (tertiary/aromatic N) is 2. The van der Waals surface area contributed by atoms with Gasteiger partial charge in [0.15, 0.2) is 0 Å². The fraction of sp³-hybridized carbons (Fsp3) is 0.286. The second-order valence-corrected chi connectivity index (χ2v) is 4.95. The summed E-state index contributed by atoms with van der Waals surface area (Å²) < 4.78 is 4.49. The van der Waals surface area contributed by atoms with E-state index in [2.05, 4.69) is 10.1 Å². The first-order valence-electron chi connectivity index (χ1n) is 6.64. The zero-order valence-electron chi connectivity index (χ0n) is 12.4. The molecule has 23 heavy (non-hydrogen) atoms. The van der Waals surface area contributed by atoms with Gasteiger partial charge in [-0.25, -0.2) is 9.86 Å². The number of non-ortho nitro benzene ring substituents is 1. The molecular weight excluding hydrogens is 306 g/mol. The molecule has 0 saturated carbocycles. The lowest BCUT2D eigenvalue weighted by molar-refractivity contribution is -0.384. The first-order valence-corrected chi connectivity index (χ1v) is 6.64. The van der Waals surface area contributed by atoms with Crippen LogP contribution in [0.1, 0.15) is 18.5 Å². The second-order valence-electron chi connectivity index (χ2n) is 4.95. The van der Waals surface area contributed by atoms with Crippen LogP contribution in [0, 0.1) is 10.1 Å². The number of hydrogen-bond acceptors (Lipinski definition) is 7. The van der Waals surface area contributed by atoms with Gasteiger partial charge < -0.3 is 10.1 Å². The maximum Gasteiger partial charge on any atom is 0.332 e. The molecule has 2 atom stereocenters. The second kappa shape index (κ2) is 6.44. The van der Waals surface area contributed by atoms with Crippen LogP contribution in [0.15, 0.2) is 36.0 Å². The van der Waals surface area contributed by atoms with E-state index in [1.54, 1.807) is 6.92 Å². The molecule has 0 spiro atoms. The summed E-state index contributed by atoms with van der Waals surface area (Å²) in [4.78, 5) is 33.0. The highest BCUT2D eigenvalue weighted by molar-refractivity contribution is 5.89. The van der Waals surface area contributed by atoms with Crippen LogP contribution < -0.4 is 5.32 Å². The Kier molecular flexibility index (Phi) is 4.60. The summed E-state index contributed by atoms with van der Waals surface area (Å²) >= 11 is 0. The van der Waals surface area contributed by atoms with Crippen LogP contribution in [-0.4, -0.2) is 40.2 Å². The van der Waals surface area contributed by atoms with Crippen molar-refractivity contribution in [1.29, 1.82) is 0 Å². The number of rotatable bonds is 5. The van der Waals surface area contributed by atoms with E-state index in [9.17, 15) is 24.9 Å². The highest BCUT2D eigenvalue weighted by Gasteiger charge is 2.48. The quantitative estimate of drug-likeness (QED) is 0.206. The number of carbonyl (C=O) groups excluding carboxylic acids is 2. The molecule has 1 amide bonds. The molecule has 2 N–H and O–H groups in total. The van der Waals surface area contributed by atoms with Crippen molar-refractivity contribution in [1.82, 2.24) is 10.4 Å². The Balaban J connectivity index is 2.17. The monoisotopic (exact) mass is 321 g/mol. The molecule has 0 aliphatic carbocycles. The van der Waals surface area contributed by atoms with Crippen LogP contribution in [0.2, 0.25) is 0 Å². The van der Waals surface area contributed by atoms with Crippen LogP contribution in [0.5, 0.6) is 0 Å². The van der Waals surface area contributed by atoms with E-state index in [1.165, 1.54) is 37.5 Å². The van der Waals surface area contributed by atoms with Gasteiger partial charge in [-0.3, -0.25) is 20.1 Å². The number of hydroxylamine groups is 2. The molecule has 1 fully saturated rings. The smallest absolute Gasteiger partial charge is 0.332 e. The van der Waals surface area contributed by atoms with E-state index >= 15 is 0 Å². The standard InChI is InChI=1S/C14H15N3O6/c1-8(7-11(18)23-2)15-12-13(16(20)14(12)19)9-3-5-10(6-4-9)17(21)22/h3-7,12-13,15,20H,1-2H3/b8-7-. The number of carbonyl (C=O) groups is 2. The Morgan fingerprint density at radius 2 is 2.04 bits per heavy atom. The average molecular weight is 321 g/mol. The number of amides is 1. The number of ether oxygens (including phenoxy) is 1. The van der Waals surface area contributed by atoms with E-state index in [1.807, 2.05) is 0 Å². The Labute approximate surface area is 131 Å². The molecule has 2 unspecified atom stereocenters. The predicted molar refractivity (Wildman–Crippen MR) is 77.2 cm³/mol. The van der Waals surface area contributed by atoms with Gasteiger partial charge in [-0.1, -0.05) is 0 Å². The predicted octanol–water partition coefficient (Wildman–Crippen LogP) is 0.902. The molecule has 1 aromatic carbocycles. The van der Waals surface area contributed by atoms with Gasteiger partial charge in [-0.05, 0) is 24.6 Å². The Morgan fingerprint density at radius 3 is 2.57 bits per heavy atom. The van der Waals surface area contributed by atoms with E-state index in [4.69, 9.17) is 0 Å². The Hall–Kier alpha value is -2.94. The van der Waals surface area contributed by atoms with Gasteiger partial charge in [0, 0.05) is 23.9 Å². The van der Waals surface area contributed by atoms with Gasteiger partial charge >= 0.3 is 5.97 Å². The van der Waals surface area contributed by atoms with Crippen LogP contribution >= 0.6 is 0 Å². The molecule has 1 aromatic rings. The van der Waals surface area contributed by atoms with E-state index in [0.717, 1.165) is 0 Å². The number of esters is 1. The first-order chi connectivity index (χ1) is 10.8. The van der Waals surface area contributed by atoms with Crippen molar-refractivity contribution in [3.05, 3.63) is 51.7 Å². The summed E-state index contributed by atoms with van der Waals surface area (Å²) in [5.41, 5.74) is 0.839. The largest absolute Gasteiger partial charge is 0.466 e. The number of nitrogens with one attached hydrogen (secondary N) is 1. The van der Waals surface area contributed by atoms with Crippen LogP contribution in [0.3, 0.4) is 0 Å². The zero-order valence-corrected chi connectivity index (χ0v) is 12.4. The lowest BCUT2D eigenvalue weighted by atomic mass is 9.90. The summed E-state index contributed by atoms with van der Waals surface area (Å²) in [6.45, 7) is 1.58. The summed E-state index contributed by atoms with van der Waals surface area (Å²) in [6.07, 6.45) is 1.18. The molecule has 122 valence electrons. The third-order valence-corrected chi connectivity index (χ3v) is 3.44. The van der Waals surface area contributed by atoms with Crippen molar-refractivity contribution < 1.29 is 24.5 Å². The molecule has 9 heteroatoms. The first kappa shape index (κ1) is 16.4. The minimum absolute atomic E-state index is 0.0878. The van der Waals surface area contributed by atoms with Crippen molar-refractivity contribution in [3.63, 3.8) is 0 Å². The number of nitro benzene ring substituents is 1. The lowest BCUT2D eigenvalue weighted by Crippen LogP contribution is -2.62. The van der Waals surface area contributed by atoms with Crippen molar-refractivity contribution in [2.75, 3.05) is 7.11 Å². The van der Waals surface area contributed by atoms with Gasteiger partial charge in [0.05, 0.1) is 12.0 Å². The number of allylic oxidation sites excluding steroid dienone is 1. The maximum atomic E-state index is 11.8. The maximum absolute atomic E-state index is 11.8. The Bertz CT molecular complexity index is 670. The van der Waals surface area contributed by atoms with Crippen molar-refractivity contribution in [2.45, 2.75) is 19.0 Å². The summed E-state index contributed by atoms with van der Waals surface area (Å²) in [5.74, 6) is -1.14. The molecule has 1 heterocycles. The average Bonchev–Trinajstić information content (AvgIpc) is 2.54. The van der Waals surface area contributed by atoms with E-state index in [-0.39, 0.29) is 5.69 Å². The topological polar surface area (TPSA) is 122 Å². The van der Waals surface area contributed by atoms with Crippen LogP contribution in [0.25, 0.3) is 0 Å². The molecule has 1 saturated heterocycles. The third kappa shape index (κ3) is 3.29. The number of methoxy groups -OCH3 is 1. The molecule has 1 aliphatic heterocycles. The SMILES string of the molecule is COC(=O)/C=C(/C)NC1C(=O)N(O)C1c1ccc([N+](=O)[O-])cc1. The van der Waals surface area contributed by atoms with Crippen molar-refractivity contribution >= 4 is 17.6 Å². The zero-order chi connectivity index (χ0) is 17.1. The third-order valence-electron chi connectivity index (χ3n) is 3.44. The minimum Gasteiger partial charge on any atom is -0.466 e. The van der Waals surface area contributed by atoms with E-state index in [0.29, 0.717) is 16.3 Å². The summed E-state index contributed by atoms with van der Waals surface area (Å²) in [5, 5.41) is 23.7. The van der Waals surface area contributed by atoms with Crippen LogP contribution in [-0.2, 0) is 14.3 Å².